The minimum atomic E-state index is 0.486. The Balaban J connectivity index is 1.48. The smallest absolute Gasteiger partial charge is 0.0949 e. The van der Waals surface area contributed by atoms with Crippen LogP contribution in [0.1, 0.15) is 23.6 Å². The van der Waals surface area contributed by atoms with Gasteiger partial charge in [0.25, 0.3) is 0 Å². The fourth-order valence-electron chi connectivity index (χ4n) is 2.48. The fourth-order valence-corrected chi connectivity index (χ4v) is 3.16. The number of hydrogen-bond acceptors (Lipinski definition) is 3. The molecular formula is C18H21N3S. The molecule has 0 saturated carbocycles. The van der Waals surface area contributed by atoms with E-state index in [4.69, 9.17) is 0 Å². The van der Waals surface area contributed by atoms with Crippen molar-refractivity contribution in [3.05, 3.63) is 76.5 Å². The lowest BCUT2D eigenvalue weighted by atomic mass is 10.1. The maximum absolute atomic E-state index is 4.07. The summed E-state index contributed by atoms with van der Waals surface area (Å²) in [7, 11) is 0. The number of aromatic nitrogens is 2. The number of benzene rings is 1. The molecule has 0 saturated heterocycles. The quantitative estimate of drug-likeness (QED) is 0.721. The van der Waals surface area contributed by atoms with Crippen molar-refractivity contribution in [1.82, 2.24) is 14.9 Å². The van der Waals surface area contributed by atoms with Gasteiger partial charge in [-0.15, -0.1) is 0 Å². The molecular weight excluding hydrogens is 290 g/mol. The molecule has 0 aliphatic heterocycles. The Morgan fingerprint density at radius 1 is 1.14 bits per heavy atom. The van der Waals surface area contributed by atoms with Crippen LogP contribution in [0.25, 0.3) is 0 Å². The van der Waals surface area contributed by atoms with Gasteiger partial charge >= 0.3 is 0 Å². The van der Waals surface area contributed by atoms with Crippen molar-refractivity contribution in [2.24, 2.45) is 0 Å². The highest BCUT2D eigenvalue weighted by atomic mass is 32.1. The van der Waals surface area contributed by atoms with Crippen molar-refractivity contribution < 1.29 is 0 Å². The van der Waals surface area contributed by atoms with E-state index in [2.05, 4.69) is 62.9 Å². The maximum atomic E-state index is 4.07. The van der Waals surface area contributed by atoms with Crippen LogP contribution in [0.2, 0.25) is 0 Å². The van der Waals surface area contributed by atoms with Crippen LogP contribution in [0.3, 0.4) is 0 Å². The normalized spacial score (nSPS) is 12.4. The van der Waals surface area contributed by atoms with Gasteiger partial charge in [-0.25, -0.2) is 4.98 Å². The molecule has 4 heteroatoms. The van der Waals surface area contributed by atoms with Crippen LogP contribution in [-0.4, -0.2) is 15.6 Å². The first-order chi connectivity index (χ1) is 10.8. The van der Waals surface area contributed by atoms with Gasteiger partial charge in [-0.1, -0.05) is 24.3 Å². The van der Waals surface area contributed by atoms with E-state index in [0.717, 1.165) is 19.5 Å². The third-order valence-corrected chi connectivity index (χ3v) is 4.46. The number of thiophene rings is 1. The zero-order chi connectivity index (χ0) is 15.2. The molecule has 0 spiro atoms. The van der Waals surface area contributed by atoms with Crippen molar-refractivity contribution in [2.75, 3.05) is 0 Å². The second-order valence-electron chi connectivity index (χ2n) is 5.67. The Labute approximate surface area is 135 Å². The Hall–Kier alpha value is -1.91. The molecule has 1 N–H and O–H groups in total. The van der Waals surface area contributed by atoms with E-state index in [1.165, 1.54) is 16.7 Å². The number of imidazole rings is 1. The molecule has 114 valence electrons. The summed E-state index contributed by atoms with van der Waals surface area (Å²) in [6, 6.07) is 11.5. The van der Waals surface area contributed by atoms with Gasteiger partial charge in [0.15, 0.2) is 0 Å². The number of hydrogen-bond donors (Lipinski definition) is 1. The highest BCUT2D eigenvalue weighted by Gasteiger charge is 2.04. The van der Waals surface area contributed by atoms with Gasteiger partial charge in [0.2, 0.25) is 0 Å². The van der Waals surface area contributed by atoms with Crippen molar-refractivity contribution in [3.63, 3.8) is 0 Å². The molecule has 0 bridgehead atoms. The zero-order valence-corrected chi connectivity index (χ0v) is 13.6. The summed E-state index contributed by atoms with van der Waals surface area (Å²) in [6.07, 6.45) is 6.73. The molecule has 1 atom stereocenters. The average molecular weight is 311 g/mol. The summed E-state index contributed by atoms with van der Waals surface area (Å²) in [4.78, 5) is 4.07. The van der Waals surface area contributed by atoms with Gasteiger partial charge < -0.3 is 9.88 Å². The van der Waals surface area contributed by atoms with Gasteiger partial charge in [-0.3, -0.25) is 0 Å². The third kappa shape index (κ3) is 4.29. The summed E-state index contributed by atoms with van der Waals surface area (Å²) in [6.45, 7) is 4.03. The lowest BCUT2D eigenvalue weighted by Crippen LogP contribution is -2.27. The third-order valence-electron chi connectivity index (χ3n) is 3.72. The molecule has 3 aromatic rings. The van der Waals surface area contributed by atoms with Gasteiger partial charge in [0.05, 0.1) is 6.33 Å². The van der Waals surface area contributed by atoms with E-state index in [1.807, 2.05) is 18.7 Å². The summed E-state index contributed by atoms with van der Waals surface area (Å²) >= 11 is 1.76. The average Bonchev–Trinajstić information content (AvgIpc) is 3.20. The van der Waals surface area contributed by atoms with Crippen molar-refractivity contribution in [3.8, 4) is 0 Å². The minimum absolute atomic E-state index is 0.486. The SMILES string of the molecule is CC(Cc1ccsc1)NCc1ccc(Cn2ccnc2)cc1. The highest BCUT2D eigenvalue weighted by molar-refractivity contribution is 7.07. The summed E-state index contributed by atoms with van der Waals surface area (Å²) in [5, 5.41) is 7.96. The van der Waals surface area contributed by atoms with Crippen LogP contribution in [0, 0.1) is 0 Å². The Kier molecular flexibility index (Phi) is 5.03. The Bertz CT molecular complexity index is 657. The zero-order valence-electron chi connectivity index (χ0n) is 12.8. The second kappa shape index (κ2) is 7.38. The summed E-state index contributed by atoms with van der Waals surface area (Å²) in [5.74, 6) is 0. The minimum Gasteiger partial charge on any atom is -0.333 e. The van der Waals surface area contributed by atoms with Crippen molar-refractivity contribution >= 4 is 11.3 Å². The molecule has 0 amide bonds. The van der Waals surface area contributed by atoms with Crippen LogP contribution in [-0.2, 0) is 19.5 Å². The van der Waals surface area contributed by atoms with Gasteiger partial charge in [0.1, 0.15) is 0 Å². The van der Waals surface area contributed by atoms with E-state index in [1.54, 1.807) is 11.3 Å². The first-order valence-electron chi connectivity index (χ1n) is 7.57. The maximum Gasteiger partial charge on any atom is 0.0949 e. The number of rotatable bonds is 7. The van der Waals surface area contributed by atoms with Crippen LogP contribution in [0.4, 0.5) is 0 Å². The lowest BCUT2D eigenvalue weighted by Gasteiger charge is -2.13. The van der Waals surface area contributed by atoms with Crippen LogP contribution in [0.15, 0.2) is 59.8 Å². The molecule has 2 aromatic heterocycles. The fraction of sp³-hybridized carbons (Fsp3) is 0.278. The Morgan fingerprint density at radius 3 is 2.64 bits per heavy atom. The van der Waals surface area contributed by atoms with Gasteiger partial charge in [-0.05, 0) is 46.9 Å². The highest BCUT2D eigenvalue weighted by Crippen LogP contribution is 2.10. The molecule has 1 aromatic carbocycles. The monoisotopic (exact) mass is 311 g/mol. The van der Waals surface area contributed by atoms with E-state index in [0.29, 0.717) is 6.04 Å². The predicted octanol–water partition coefficient (Wildman–Crippen LogP) is 3.71. The topological polar surface area (TPSA) is 29.9 Å². The van der Waals surface area contributed by atoms with Crippen LogP contribution < -0.4 is 5.32 Å². The van der Waals surface area contributed by atoms with Crippen molar-refractivity contribution in [1.29, 1.82) is 0 Å². The first-order valence-corrected chi connectivity index (χ1v) is 8.52. The summed E-state index contributed by atoms with van der Waals surface area (Å²) in [5.41, 5.74) is 4.04. The van der Waals surface area contributed by atoms with E-state index in [-0.39, 0.29) is 0 Å². The molecule has 0 aliphatic carbocycles. The molecule has 2 heterocycles. The largest absolute Gasteiger partial charge is 0.333 e. The van der Waals surface area contributed by atoms with Gasteiger partial charge in [0, 0.05) is 31.5 Å². The molecule has 3 rings (SSSR count). The summed E-state index contributed by atoms with van der Waals surface area (Å²) < 4.78 is 2.08. The molecule has 22 heavy (non-hydrogen) atoms. The van der Waals surface area contributed by atoms with E-state index < -0.39 is 0 Å². The molecule has 0 aliphatic rings. The molecule has 0 fully saturated rings. The lowest BCUT2D eigenvalue weighted by molar-refractivity contribution is 0.546. The number of nitrogens with zero attached hydrogens (tertiary/aromatic N) is 2. The second-order valence-corrected chi connectivity index (χ2v) is 6.45. The molecule has 3 nitrogen and oxygen atoms in total. The number of nitrogens with one attached hydrogen (secondary N) is 1. The van der Waals surface area contributed by atoms with Crippen LogP contribution in [0.5, 0.6) is 0 Å². The van der Waals surface area contributed by atoms with E-state index in [9.17, 15) is 0 Å². The van der Waals surface area contributed by atoms with Crippen LogP contribution >= 0.6 is 11.3 Å². The van der Waals surface area contributed by atoms with Crippen molar-refractivity contribution in [2.45, 2.75) is 32.5 Å². The molecule has 1 unspecified atom stereocenters. The predicted molar refractivity (Wildman–Crippen MR) is 92.1 cm³/mol. The van der Waals surface area contributed by atoms with Gasteiger partial charge in [-0.2, -0.15) is 11.3 Å². The first kappa shape index (κ1) is 15.0. The Morgan fingerprint density at radius 2 is 1.95 bits per heavy atom. The standard InChI is InChI=1S/C18H21N3S/c1-15(10-18-6-9-22-13-18)20-11-16-2-4-17(5-3-16)12-21-8-7-19-14-21/h2-9,13-15,20H,10-12H2,1H3. The molecule has 0 radical (unpaired) electrons. The van der Waals surface area contributed by atoms with E-state index >= 15 is 0 Å².